The summed E-state index contributed by atoms with van der Waals surface area (Å²) in [7, 11) is 0. The van der Waals surface area contributed by atoms with Crippen molar-refractivity contribution in [2.24, 2.45) is 0 Å². The summed E-state index contributed by atoms with van der Waals surface area (Å²) in [5, 5.41) is 76.9. The van der Waals surface area contributed by atoms with Crippen LogP contribution in [0.2, 0.25) is 0 Å². The largest absolute Gasteiger partial charge is 0.550 e. The Morgan fingerprint density at radius 3 is 1.11 bits per heavy atom. The molecule has 2 aliphatic rings. The van der Waals surface area contributed by atoms with Crippen molar-refractivity contribution in [2.45, 2.75) is 135 Å². The monoisotopic (exact) mass is 538 g/mol. The number of hydrogen-bond donors (Lipinski definition) is 6. The fourth-order valence-corrected chi connectivity index (χ4v) is 4.87. The number of carbonyl (C=O) groups excluding carboxylic acids is 2. The van der Waals surface area contributed by atoms with Gasteiger partial charge in [-0.25, -0.2) is 0 Å². The SMILES string of the molecule is CC1(C)CCCC(C)(C)[N+]1(O)O.CC1(C)CCCC(C)(C)[N+]1(O)O.O=C([O-])CC(O)(CC(=O)O)C(=O)[O-]. The Balaban J connectivity index is 0.000000526. The average molecular weight is 539 g/mol. The van der Waals surface area contributed by atoms with Crippen LogP contribution in [0.4, 0.5) is 0 Å². The molecule has 0 aromatic rings. The third-order valence-electron chi connectivity index (χ3n) is 7.79. The van der Waals surface area contributed by atoms with Gasteiger partial charge in [0.2, 0.25) is 0 Å². The summed E-state index contributed by atoms with van der Waals surface area (Å²) in [4.78, 5) is 28.5. The molecule has 6 N–H and O–H groups in total. The first-order valence-electron chi connectivity index (χ1n) is 12.2. The van der Waals surface area contributed by atoms with Crippen LogP contribution in [0.1, 0.15) is 107 Å². The Morgan fingerprint density at radius 1 is 0.676 bits per heavy atom. The number of quaternary nitrogens is 2. The third kappa shape index (κ3) is 8.06. The second-order valence-electron chi connectivity index (χ2n) is 12.6. The van der Waals surface area contributed by atoms with Crippen molar-refractivity contribution in [2.75, 3.05) is 0 Å². The highest BCUT2D eigenvalue weighted by atomic mass is 16.9. The van der Waals surface area contributed by atoms with Gasteiger partial charge in [0, 0.05) is 38.1 Å². The summed E-state index contributed by atoms with van der Waals surface area (Å²) in [6.07, 6.45) is 3.03. The molecule has 37 heavy (non-hydrogen) atoms. The van der Waals surface area contributed by atoms with E-state index in [0.717, 1.165) is 38.5 Å². The van der Waals surface area contributed by atoms with E-state index in [1.807, 2.05) is 55.4 Å². The van der Waals surface area contributed by atoms with Gasteiger partial charge in [0.25, 0.3) is 0 Å². The molecule has 2 rings (SSSR count). The predicted octanol–water partition coefficient (Wildman–Crippen LogP) is 0.728. The molecule has 2 saturated heterocycles. The summed E-state index contributed by atoms with van der Waals surface area (Å²) in [5.74, 6) is -5.67. The zero-order valence-corrected chi connectivity index (χ0v) is 23.3. The molecule has 13 nitrogen and oxygen atoms in total. The van der Waals surface area contributed by atoms with Crippen molar-refractivity contribution in [1.82, 2.24) is 0 Å². The summed E-state index contributed by atoms with van der Waals surface area (Å²) in [6.45, 7) is 15.2. The number of carboxylic acid groups (broad SMARTS) is 3. The first-order chi connectivity index (χ1) is 16.2. The van der Waals surface area contributed by atoms with Gasteiger partial charge in [-0.2, -0.15) is 20.8 Å². The number of hydroxylamine groups is 8. The van der Waals surface area contributed by atoms with Gasteiger partial charge in [0.1, 0.15) is 5.60 Å². The van der Waals surface area contributed by atoms with Crippen molar-refractivity contribution in [3.8, 4) is 0 Å². The maximum absolute atomic E-state index is 10.2. The van der Waals surface area contributed by atoms with Gasteiger partial charge in [-0.1, -0.05) is 0 Å². The average Bonchev–Trinajstić information content (AvgIpc) is 2.64. The van der Waals surface area contributed by atoms with E-state index in [1.165, 1.54) is 0 Å². The second-order valence-corrected chi connectivity index (χ2v) is 12.6. The smallest absolute Gasteiger partial charge is 0.306 e. The van der Waals surface area contributed by atoms with Crippen molar-refractivity contribution in [3.05, 3.63) is 0 Å². The van der Waals surface area contributed by atoms with E-state index in [2.05, 4.69) is 0 Å². The lowest BCUT2D eigenvalue weighted by Crippen LogP contribution is -2.69. The molecule has 0 bridgehead atoms. The summed E-state index contributed by atoms with van der Waals surface area (Å²) in [5.41, 5.74) is -4.68. The zero-order chi connectivity index (χ0) is 29.9. The van der Waals surface area contributed by atoms with Crippen LogP contribution in [0, 0.1) is 0 Å². The number of hydrogen-bond acceptors (Lipinski definition) is 10. The van der Waals surface area contributed by atoms with Crippen LogP contribution >= 0.6 is 0 Å². The van der Waals surface area contributed by atoms with Crippen LogP contribution in [-0.2, 0) is 14.4 Å². The van der Waals surface area contributed by atoms with Crippen LogP contribution < -0.4 is 10.2 Å². The van der Waals surface area contributed by atoms with Gasteiger partial charge >= 0.3 is 5.97 Å². The fraction of sp³-hybridized carbons (Fsp3) is 0.875. The van der Waals surface area contributed by atoms with Crippen LogP contribution in [0.25, 0.3) is 0 Å². The van der Waals surface area contributed by atoms with E-state index < -0.39 is 68.1 Å². The molecule has 0 radical (unpaired) electrons. The zero-order valence-electron chi connectivity index (χ0n) is 23.3. The lowest BCUT2D eigenvalue weighted by Gasteiger charge is -2.49. The number of carbonyl (C=O) groups is 3. The minimum Gasteiger partial charge on any atom is -0.550 e. The van der Waals surface area contributed by atoms with Gasteiger partial charge in [0.05, 0.1) is 12.4 Å². The predicted molar refractivity (Wildman–Crippen MR) is 124 cm³/mol. The Bertz CT molecular complexity index is 739. The maximum atomic E-state index is 10.2. The molecule has 0 spiro atoms. The standard InChI is InChI=1S/2C9H20NO2.C6H8O7/c2*1-8(2)6-5-7-9(3,4)10(8,11)12;7-3(8)1-6(13,5(11)12)2-4(9)10/h2*11-12H,5-7H2,1-4H3;13H,1-2H2,(H,7,8)(H,9,10)(H,11,12)/q2*+1;/p-2. The molecule has 0 saturated carbocycles. The van der Waals surface area contributed by atoms with Gasteiger partial charge in [-0.05, 0) is 77.9 Å². The molecule has 1 unspecified atom stereocenters. The van der Waals surface area contributed by atoms with E-state index in [4.69, 9.17) is 10.2 Å². The van der Waals surface area contributed by atoms with E-state index in [9.17, 15) is 45.4 Å². The number of aliphatic carboxylic acids is 3. The molecule has 13 heteroatoms. The molecule has 0 aromatic carbocycles. The lowest BCUT2D eigenvalue weighted by molar-refractivity contribution is -1.30. The number of aliphatic hydroxyl groups is 1. The fourth-order valence-electron chi connectivity index (χ4n) is 4.87. The van der Waals surface area contributed by atoms with E-state index in [1.54, 1.807) is 0 Å². The quantitative estimate of drug-likeness (QED) is 0.268. The van der Waals surface area contributed by atoms with Gasteiger partial charge in [0.15, 0.2) is 22.2 Å². The molecule has 2 fully saturated rings. The first-order valence-corrected chi connectivity index (χ1v) is 12.2. The molecule has 0 aromatic heterocycles. The molecule has 218 valence electrons. The van der Waals surface area contributed by atoms with E-state index in [0.29, 0.717) is 0 Å². The number of rotatable bonds is 5. The Hall–Kier alpha value is -1.87. The number of nitrogens with zero attached hydrogens (tertiary/aromatic N) is 2. The van der Waals surface area contributed by atoms with Crippen LogP contribution in [0.15, 0.2) is 0 Å². The highest BCUT2D eigenvalue weighted by molar-refractivity contribution is 5.86. The molecule has 0 aliphatic carbocycles. The van der Waals surface area contributed by atoms with Crippen LogP contribution in [0.5, 0.6) is 0 Å². The molecular formula is C24H46N2O11. The van der Waals surface area contributed by atoms with Crippen molar-refractivity contribution < 1.29 is 65.3 Å². The van der Waals surface area contributed by atoms with Gasteiger partial charge < -0.3 is 30.0 Å². The Kier molecular flexibility index (Phi) is 10.9. The highest BCUT2D eigenvalue weighted by Gasteiger charge is 2.58. The van der Waals surface area contributed by atoms with E-state index >= 15 is 0 Å². The Morgan fingerprint density at radius 2 is 0.946 bits per heavy atom. The number of piperidine rings is 2. The van der Waals surface area contributed by atoms with Crippen molar-refractivity contribution in [1.29, 1.82) is 0 Å². The van der Waals surface area contributed by atoms with Gasteiger partial charge in [-0.3, -0.25) is 4.79 Å². The lowest BCUT2D eigenvalue weighted by atomic mass is 9.81. The van der Waals surface area contributed by atoms with Crippen LogP contribution in [0.3, 0.4) is 0 Å². The summed E-state index contributed by atoms with van der Waals surface area (Å²) < 4.78 is 0. The van der Waals surface area contributed by atoms with Crippen molar-refractivity contribution in [3.63, 3.8) is 0 Å². The maximum Gasteiger partial charge on any atom is 0.306 e. The van der Waals surface area contributed by atoms with E-state index in [-0.39, 0.29) is 0 Å². The molecular weight excluding hydrogens is 492 g/mol. The van der Waals surface area contributed by atoms with Gasteiger partial charge in [-0.15, -0.1) is 0 Å². The highest BCUT2D eigenvalue weighted by Crippen LogP contribution is 2.42. The molecule has 2 aliphatic heterocycles. The summed E-state index contributed by atoms with van der Waals surface area (Å²) >= 11 is 0. The minimum absolute atomic E-state index is 0.443. The minimum atomic E-state index is -2.91. The number of carboxylic acids is 3. The normalized spacial score (nSPS) is 25.5. The topological polar surface area (TPSA) is 219 Å². The summed E-state index contributed by atoms with van der Waals surface area (Å²) in [6, 6.07) is 0. The second kappa shape index (κ2) is 11.5. The van der Waals surface area contributed by atoms with Crippen molar-refractivity contribution >= 4 is 17.9 Å². The Labute approximate surface area is 218 Å². The molecule has 0 amide bonds. The van der Waals surface area contributed by atoms with Crippen LogP contribution in [-0.4, -0.2) is 86.3 Å². The first kappa shape index (κ1) is 35.1. The third-order valence-corrected chi connectivity index (χ3v) is 7.79. The molecule has 2 heterocycles. The molecule has 1 atom stereocenters.